The van der Waals surface area contributed by atoms with Gasteiger partial charge in [0.1, 0.15) is 23.1 Å². The molecule has 3 aromatic rings. The number of nitrogens with two attached hydrogens (primary N) is 2. The molecule has 1 atom stereocenters. The van der Waals surface area contributed by atoms with Gasteiger partial charge < -0.3 is 20.6 Å². The van der Waals surface area contributed by atoms with Crippen LogP contribution < -0.4 is 16.2 Å². The molecule has 0 saturated carbocycles. The van der Waals surface area contributed by atoms with E-state index in [1.165, 1.54) is 0 Å². The fourth-order valence-corrected chi connectivity index (χ4v) is 2.67. The second-order valence-electron chi connectivity index (χ2n) is 5.03. The lowest BCUT2D eigenvalue weighted by molar-refractivity contribution is 0.404. The maximum absolute atomic E-state index is 6.12. The Morgan fingerprint density at radius 3 is 2.65 bits per heavy atom. The van der Waals surface area contributed by atoms with Gasteiger partial charge in [0.2, 0.25) is 0 Å². The van der Waals surface area contributed by atoms with Gasteiger partial charge in [0.15, 0.2) is 5.96 Å². The molecule has 0 saturated heterocycles. The molecule has 0 spiro atoms. The molecule has 0 amide bonds. The molecule has 5 nitrogen and oxygen atoms in total. The third-order valence-corrected chi connectivity index (χ3v) is 3.71. The van der Waals surface area contributed by atoms with Crippen LogP contribution in [0.3, 0.4) is 0 Å². The maximum atomic E-state index is 6.12. The number of guanidine groups is 1. The number of nitrogens with zero attached hydrogens (tertiary/aromatic N) is 1. The summed E-state index contributed by atoms with van der Waals surface area (Å²) in [6, 6.07) is 14.4. The van der Waals surface area contributed by atoms with Crippen LogP contribution in [0.4, 0.5) is 0 Å². The summed E-state index contributed by atoms with van der Waals surface area (Å²) in [7, 11) is 1.58. The van der Waals surface area contributed by atoms with Crippen molar-refractivity contribution in [1.82, 2.24) is 0 Å². The molecule has 0 aliphatic heterocycles. The zero-order valence-corrected chi connectivity index (χ0v) is 13.2. The lowest BCUT2D eigenvalue weighted by Gasteiger charge is -2.15. The Morgan fingerprint density at radius 1 is 1.17 bits per heavy atom. The van der Waals surface area contributed by atoms with Crippen molar-refractivity contribution in [2.24, 2.45) is 16.5 Å². The minimum atomic E-state index is -0.541. The molecule has 23 heavy (non-hydrogen) atoms. The summed E-state index contributed by atoms with van der Waals surface area (Å²) < 4.78 is 11.3. The van der Waals surface area contributed by atoms with Gasteiger partial charge in [-0.2, -0.15) is 0 Å². The Labute approximate surface area is 138 Å². The molecule has 1 aromatic heterocycles. The Kier molecular flexibility index (Phi) is 4.12. The van der Waals surface area contributed by atoms with Gasteiger partial charge >= 0.3 is 0 Å². The Hall–Kier alpha value is -2.66. The molecule has 0 fully saturated rings. The SMILES string of the molecule is COc1ccc(Cl)cc1C(N=C(N)N)c1cc2ccccc2o1. The van der Waals surface area contributed by atoms with Crippen LogP contribution in [0.2, 0.25) is 5.02 Å². The topological polar surface area (TPSA) is 86.8 Å². The number of ether oxygens (including phenoxy) is 1. The highest BCUT2D eigenvalue weighted by Gasteiger charge is 2.22. The van der Waals surface area contributed by atoms with E-state index in [9.17, 15) is 0 Å². The summed E-state index contributed by atoms with van der Waals surface area (Å²) in [6.45, 7) is 0. The number of rotatable bonds is 4. The van der Waals surface area contributed by atoms with Gasteiger partial charge in [-0.3, -0.25) is 0 Å². The van der Waals surface area contributed by atoms with Crippen LogP contribution in [0.25, 0.3) is 11.0 Å². The zero-order chi connectivity index (χ0) is 16.4. The van der Waals surface area contributed by atoms with Crippen molar-refractivity contribution in [3.63, 3.8) is 0 Å². The average Bonchev–Trinajstić information content (AvgIpc) is 2.96. The molecule has 6 heteroatoms. The highest BCUT2D eigenvalue weighted by molar-refractivity contribution is 6.30. The smallest absolute Gasteiger partial charge is 0.186 e. The number of benzene rings is 2. The molecule has 0 aliphatic rings. The van der Waals surface area contributed by atoms with E-state index in [2.05, 4.69) is 4.99 Å². The summed E-state index contributed by atoms with van der Waals surface area (Å²) in [4.78, 5) is 4.30. The van der Waals surface area contributed by atoms with E-state index in [4.69, 9.17) is 32.2 Å². The van der Waals surface area contributed by atoms with E-state index >= 15 is 0 Å². The largest absolute Gasteiger partial charge is 0.496 e. The van der Waals surface area contributed by atoms with Crippen molar-refractivity contribution in [3.8, 4) is 5.75 Å². The van der Waals surface area contributed by atoms with Crippen LogP contribution >= 0.6 is 11.6 Å². The van der Waals surface area contributed by atoms with Crippen LogP contribution in [0, 0.1) is 0 Å². The highest BCUT2D eigenvalue weighted by atomic mass is 35.5. The van der Waals surface area contributed by atoms with Gasteiger partial charge in [-0.1, -0.05) is 29.8 Å². The molecular formula is C17H16ClN3O2. The normalized spacial score (nSPS) is 12.1. The fraction of sp³-hybridized carbons (Fsp3) is 0.118. The van der Waals surface area contributed by atoms with Crippen LogP contribution in [-0.2, 0) is 0 Å². The maximum Gasteiger partial charge on any atom is 0.186 e. The first kappa shape index (κ1) is 15.2. The van der Waals surface area contributed by atoms with Gasteiger partial charge in [0.05, 0.1) is 7.11 Å². The van der Waals surface area contributed by atoms with Crippen molar-refractivity contribution >= 4 is 28.5 Å². The van der Waals surface area contributed by atoms with Crippen molar-refractivity contribution in [2.45, 2.75) is 6.04 Å². The molecule has 4 N–H and O–H groups in total. The summed E-state index contributed by atoms with van der Waals surface area (Å²) in [5, 5.41) is 1.53. The predicted octanol–water partition coefficient (Wildman–Crippen LogP) is 3.46. The summed E-state index contributed by atoms with van der Waals surface area (Å²) in [5.41, 5.74) is 12.7. The first-order valence-electron chi connectivity index (χ1n) is 6.99. The summed E-state index contributed by atoms with van der Waals surface area (Å²) >= 11 is 6.12. The van der Waals surface area contributed by atoms with Crippen molar-refractivity contribution in [1.29, 1.82) is 0 Å². The van der Waals surface area contributed by atoms with Gasteiger partial charge in [-0.05, 0) is 30.3 Å². The van der Waals surface area contributed by atoms with Gasteiger partial charge in [-0.15, -0.1) is 0 Å². The first-order chi connectivity index (χ1) is 11.1. The lowest BCUT2D eigenvalue weighted by Crippen LogP contribution is -2.24. The Morgan fingerprint density at radius 2 is 1.96 bits per heavy atom. The molecule has 1 unspecified atom stereocenters. The fourth-order valence-electron chi connectivity index (χ4n) is 2.49. The minimum absolute atomic E-state index is 0.0440. The van der Waals surface area contributed by atoms with Crippen LogP contribution in [-0.4, -0.2) is 13.1 Å². The second kappa shape index (κ2) is 6.22. The number of methoxy groups -OCH3 is 1. The van der Waals surface area contributed by atoms with E-state index in [-0.39, 0.29) is 5.96 Å². The van der Waals surface area contributed by atoms with Crippen molar-refractivity contribution in [2.75, 3.05) is 7.11 Å². The Balaban J connectivity index is 2.19. The number of fused-ring (bicyclic) bond motifs is 1. The van der Waals surface area contributed by atoms with Gasteiger partial charge in [-0.25, -0.2) is 4.99 Å². The molecule has 2 aromatic carbocycles. The van der Waals surface area contributed by atoms with E-state index in [1.807, 2.05) is 30.3 Å². The number of aliphatic imine (C=N–C) groups is 1. The number of para-hydroxylation sites is 1. The van der Waals surface area contributed by atoms with E-state index in [0.29, 0.717) is 16.5 Å². The van der Waals surface area contributed by atoms with Gasteiger partial charge in [0.25, 0.3) is 0 Å². The quantitative estimate of drug-likeness (QED) is 0.567. The first-order valence-corrected chi connectivity index (χ1v) is 7.37. The second-order valence-corrected chi connectivity index (χ2v) is 5.47. The monoisotopic (exact) mass is 329 g/mol. The number of halogens is 1. The zero-order valence-electron chi connectivity index (χ0n) is 12.5. The summed E-state index contributed by atoms with van der Waals surface area (Å²) in [6.07, 6.45) is 0. The molecule has 1 heterocycles. The number of furan rings is 1. The lowest BCUT2D eigenvalue weighted by atomic mass is 10.0. The van der Waals surface area contributed by atoms with Crippen molar-refractivity contribution < 1.29 is 9.15 Å². The molecule has 0 radical (unpaired) electrons. The minimum Gasteiger partial charge on any atom is -0.496 e. The van der Waals surface area contributed by atoms with Crippen LogP contribution in [0.1, 0.15) is 17.4 Å². The molecule has 3 rings (SSSR count). The molecule has 118 valence electrons. The molecule has 0 bridgehead atoms. The number of hydrogen-bond acceptors (Lipinski definition) is 3. The summed E-state index contributed by atoms with van der Waals surface area (Å²) in [5.74, 6) is 1.20. The third kappa shape index (κ3) is 3.10. The average molecular weight is 330 g/mol. The highest BCUT2D eigenvalue weighted by Crippen LogP contribution is 2.37. The van der Waals surface area contributed by atoms with Crippen LogP contribution in [0.5, 0.6) is 5.75 Å². The van der Waals surface area contributed by atoms with Gasteiger partial charge in [0, 0.05) is 16.0 Å². The third-order valence-electron chi connectivity index (χ3n) is 3.48. The van der Waals surface area contributed by atoms with E-state index in [1.54, 1.807) is 25.3 Å². The number of hydrogen-bond donors (Lipinski definition) is 2. The molecule has 0 aliphatic carbocycles. The predicted molar refractivity (Wildman–Crippen MR) is 91.9 cm³/mol. The standard InChI is InChI=1S/C17H16ClN3O2/c1-22-14-7-6-11(18)9-12(14)16(21-17(19)20)15-8-10-4-2-3-5-13(10)23-15/h2-9,16H,1H3,(H4,19,20,21). The van der Waals surface area contributed by atoms with Crippen LogP contribution in [0.15, 0.2) is 57.9 Å². The van der Waals surface area contributed by atoms with E-state index < -0.39 is 6.04 Å². The Bertz CT molecular complexity index is 836. The van der Waals surface area contributed by atoms with E-state index in [0.717, 1.165) is 16.5 Å². The molecular weight excluding hydrogens is 314 g/mol. The van der Waals surface area contributed by atoms with Crippen molar-refractivity contribution in [3.05, 3.63) is 64.9 Å².